The summed E-state index contributed by atoms with van der Waals surface area (Å²) in [6, 6.07) is 17.5. The molecule has 0 saturated carbocycles. The Bertz CT molecular complexity index is 2310. The lowest BCUT2D eigenvalue weighted by Gasteiger charge is -2.15. The third-order valence-electron chi connectivity index (χ3n) is 8.29. The number of hydrogen-bond acceptors (Lipinski definition) is 11. The molecule has 0 atom stereocenters. The van der Waals surface area contributed by atoms with Crippen molar-refractivity contribution < 1.29 is 33.6 Å². The molecule has 0 amide bonds. The number of aliphatic hydroxyl groups excluding tert-OH is 2. The van der Waals surface area contributed by atoms with Crippen LogP contribution in [0.2, 0.25) is 10.0 Å². The second-order valence-corrected chi connectivity index (χ2v) is 12.3. The summed E-state index contributed by atoms with van der Waals surface area (Å²) >= 11 is 13.3. The van der Waals surface area contributed by atoms with Crippen molar-refractivity contribution >= 4 is 56.5 Å². The molecule has 6 aromatic rings. The third kappa shape index (κ3) is 7.32. The van der Waals surface area contributed by atoms with Crippen LogP contribution in [0.1, 0.15) is 33.4 Å². The molecule has 13 nitrogen and oxygen atoms in total. The number of halogens is 2. The van der Waals surface area contributed by atoms with Crippen LogP contribution in [0, 0.1) is 20.2 Å². The highest BCUT2D eigenvalue weighted by Crippen LogP contribution is 2.40. The van der Waals surface area contributed by atoms with Gasteiger partial charge in [-0.15, -0.1) is 0 Å². The number of nitro benzene ring substituents is 2. The average molecular weight is 734 g/mol. The van der Waals surface area contributed by atoms with E-state index in [2.05, 4.69) is 0 Å². The Morgan fingerprint density at radius 1 is 0.627 bits per heavy atom. The number of nitro groups is 2. The molecule has 0 fully saturated rings. The highest BCUT2D eigenvalue weighted by molar-refractivity contribution is 6.33. The van der Waals surface area contributed by atoms with Crippen LogP contribution in [0.3, 0.4) is 0 Å². The topological polar surface area (TPSA) is 196 Å². The average Bonchev–Trinajstić information content (AvgIpc) is 3.09. The smallest absolute Gasteiger partial charge is 0.340 e. The molecule has 0 radical (unpaired) electrons. The number of non-ortho nitro benzene ring substituents is 2. The summed E-state index contributed by atoms with van der Waals surface area (Å²) in [5, 5.41) is 43.2. The van der Waals surface area contributed by atoms with Crippen LogP contribution in [0.5, 0.6) is 11.5 Å². The van der Waals surface area contributed by atoms with Gasteiger partial charge >= 0.3 is 11.3 Å². The minimum Gasteiger partial charge on any atom is -0.454 e. The van der Waals surface area contributed by atoms with Gasteiger partial charge < -0.3 is 23.8 Å². The first-order chi connectivity index (χ1) is 24.5. The summed E-state index contributed by atoms with van der Waals surface area (Å²) in [6.07, 6.45) is 0.151. The Morgan fingerprint density at radius 2 is 1.04 bits per heavy atom. The summed E-state index contributed by atoms with van der Waals surface area (Å²) in [6.45, 7) is -0.612. The lowest BCUT2D eigenvalue weighted by molar-refractivity contribution is -0.385. The summed E-state index contributed by atoms with van der Waals surface area (Å²) in [7, 11) is 0. The lowest BCUT2D eigenvalue weighted by atomic mass is 9.96. The Hall–Kier alpha value is -5.60. The summed E-state index contributed by atoms with van der Waals surface area (Å²) in [5.74, 6) is 0.0744. The molecule has 0 aliphatic rings. The molecule has 0 bridgehead atoms. The first-order valence-corrected chi connectivity index (χ1v) is 16.2. The Labute approximate surface area is 297 Å². The van der Waals surface area contributed by atoms with Gasteiger partial charge in [-0.3, -0.25) is 20.2 Å². The van der Waals surface area contributed by atoms with Crippen LogP contribution in [0.25, 0.3) is 21.9 Å². The van der Waals surface area contributed by atoms with Gasteiger partial charge in [-0.05, 0) is 47.2 Å². The van der Waals surface area contributed by atoms with Crippen molar-refractivity contribution in [2.75, 3.05) is 13.2 Å². The van der Waals surface area contributed by atoms with Crippen molar-refractivity contribution in [3.63, 3.8) is 0 Å². The van der Waals surface area contributed by atoms with Crippen LogP contribution in [-0.4, -0.2) is 33.3 Å². The van der Waals surface area contributed by atoms with Crippen molar-refractivity contribution in [3.8, 4) is 11.5 Å². The van der Waals surface area contributed by atoms with E-state index < -0.39 is 21.1 Å². The maximum atomic E-state index is 13.2. The molecule has 2 N–H and O–H groups in total. The van der Waals surface area contributed by atoms with E-state index in [1.54, 1.807) is 12.1 Å². The molecule has 2 aromatic heterocycles. The molecule has 260 valence electrons. The van der Waals surface area contributed by atoms with Crippen molar-refractivity contribution in [3.05, 3.63) is 157 Å². The number of benzene rings is 4. The normalized spacial score (nSPS) is 11.3. The second-order valence-electron chi connectivity index (χ2n) is 11.5. The van der Waals surface area contributed by atoms with E-state index in [9.17, 15) is 40.0 Å². The van der Waals surface area contributed by atoms with E-state index in [1.807, 2.05) is 0 Å². The number of aliphatic hydroxyl groups is 2. The van der Waals surface area contributed by atoms with Gasteiger partial charge in [-0.25, -0.2) is 9.59 Å². The molecule has 0 spiro atoms. The molecule has 15 heteroatoms. The van der Waals surface area contributed by atoms with E-state index in [4.69, 9.17) is 36.8 Å². The molecule has 6 rings (SSSR count). The summed E-state index contributed by atoms with van der Waals surface area (Å²) in [5.41, 5.74) is 0.784. The molecule has 0 aliphatic heterocycles. The molecule has 2 heterocycles. The van der Waals surface area contributed by atoms with Crippen LogP contribution in [0.4, 0.5) is 11.4 Å². The van der Waals surface area contributed by atoms with Gasteiger partial charge in [-0.1, -0.05) is 47.5 Å². The number of fused-ring (bicyclic) bond motifs is 2. The van der Waals surface area contributed by atoms with Crippen molar-refractivity contribution in [1.29, 1.82) is 0 Å². The second kappa shape index (κ2) is 14.7. The first-order valence-electron chi connectivity index (χ1n) is 15.4. The number of nitrogens with zero attached hydrogens (tertiary/aromatic N) is 2. The van der Waals surface area contributed by atoms with E-state index in [0.29, 0.717) is 33.0 Å². The quantitative estimate of drug-likeness (QED) is 0.0742. The highest BCUT2D eigenvalue weighted by Gasteiger charge is 2.22. The van der Waals surface area contributed by atoms with Gasteiger partial charge in [0.25, 0.3) is 11.4 Å². The highest BCUT2D eigenvalue weighted by atomic mass is 35.5. The predicted octanol–water partition coefficient (Wildman–Crippen LogP) is 7.07. The molecule has 0 saturated heterocycles. The standard InChI is InChI=1S/C36H26Cl2N2O11/c37-29-15-25-23(7-9-41)27(13-19-3-1-5-21(11-19)39(45)46)35(43)50-31(25)17-33(29)49-34-18-32-26(16-30(34)38)24(8-10-42)28(36(44)51-32)14-20-4-2-6-22(12-20)40(47)48/h1-6,11-12,15-18,41-42H,7-10,13-14H2. The maximum absolute atomic E-state index is 13.2. The van der Waals surface area contributed by atoms with E-state index in [1.165, 1.54) is 60.7 Å². The fourth-order valence-electron chi connectivity index (χ4n) is 6.00. The maximum Gasteiger partial charge on any atom is 0.340 e. The van der Waals surface area contributed by atoms with Gasteiger partial charge in [-0.2, -0.15) is 0 Å². The number of hydrogen-bond donors (Lipinski definition) is 2. The van der Waals surface area contributed by atoms with Gasteiger partial charge in [0.1, 0.15) is 22.7 Å². The number of rotatable bonds is 12. The molecule has 0 unspecified atom stereocenters. The summed E-state index contributed by atoms with van der Waals surface area (Å²) < 4.78 is 17.3. The minimum atomic E-state index is -0.714. The monoisotopic (exact) mass is 732 g/mol. The van der Waals surface area contributed by atoms with E-state index >= 15 is 0 Å². The molecule has 51 heavy (non-hydrogen) atoms. The minimum absolute atomic E-state index is 0.00824. The fourth-order valence-corrected chi connectivity index (χ4v) is 6.40. The molecular formula is C36H26Cl2N2O11. The van der Waals surface area contributed by atoms with Gasteiger partial charge in [0.05, 0.1) is 19.9 Å². The van der Waals surface area contributed by atoms with Crippen LogP contribution < -0.4 is 16.0 Å². The SMILES string of the molecule is O=c1oc2cc(Oc3cc4oc(=O)c(Cc5cccc([N+](=O)[O-])c5)c(CCO)c4cc3Cl)c(Cl)cc2c(CCO)c1Cc1cccc([N+](=O)[O-])c1. The summed E-state index contributed by atoms with van der Waals surface area (Å²) in [4.78, 5) is 48.0. The Balaban J connectivity index is 1.38. The molecular weight excluding hydrogens is 707 g/mol. The largest absolute Gasteiger partial charge is 0.454 e. The van der Waals surface area contributed by atoms with Crippen molar-refractivity contribution in [1.82, 2.24) is 0 Å². The predicted molar refractivity (Wildman–Crippen MR) is 188 cm³/mol. The van der Waals surface area contributed by atoms with Crippen molar-refractivity contribution in [2.24, 2.45) is 0 Å². The van der Waals surface area contributed by atoms with Crippen molar-refractivity contribution in [2.45, 2.75) is 25.7 Å². The zero-order chi connectivity index (χ0) is 36.4. The van der Waals surface area contributed by atoms with Crippen LogP contribution >= 0.6 is 23.2 Å². The van der Waals surface area contributed by atoms with Gasteiger partial charge in [0.15, 0.2) is 0 Å². The van der Waals surface area contributed by atoms with Gasteiger partial charge in [0, 0.05) is 84.4 Å². The lowest BCUT2D eigenvalue weighted by Crippen LogP contribution is -2.14. The Morgan fingerprint density at radius 3 is 1.41 bits per heavy atom. The van der Waals surface area contributed by atoms with E-state index in [-0.39, 0.29) is 94.1 Å². The zero-order valence-electron chi connectivity index (χ0n) is 26.4. The van der Waals surface area contributed by atoms with E-state index in [0.717, 1.165) is 0 Å². The molecule has 4 aromatic carbocycles. The third-order valence-corrected chi connectivity index (χ3v) is 8.88. The van der Waals surface area contributed by atoms with Crippen LogP contribution in [-0.2, 0) is 25.7 Å². The number of ether oxygens (including phenoxy) is 1. The zero-order valence-corrected chi connectivity index (χ0v) is 27.9. The Kier molecular flexibility index (Phi) is 10.2. The molecule has 0 aliphatic carbocycles. The fraction of sp³-hybridized carbons (Fsp3) is 0.167. The van der Waals surface area contributed by atoms with Crippen LogP contribution in [0.15, 0.2) is 91.2 Å². The van der Waals surface area contributed by atoms with Gasteiger partial charge in [0.2, 0.25) is 0 Å². The first kappa shape index (κ1) is 35.2.